The van der Waals surface area contributed by atoms with Gasteiger partial charge in [-0.2, -0.15) is 5.10 Å². The monoisotopic (exact) mass is 568 g/mol. The Labute approximate surface area is 245 Å². The summed E-state index contributed by atoms with van der Waals surface area (Å²) in [5, 5.41) is 3.01. The van der Waals surface area contributed by atoms with Crippen molar-refractivity contribution in [2.45, 2.75) is 32.1 Å². The van der Waals surface area contributed by atoms with E-state index < -0.39 is 0 Å². The summed E-state index contributed by atoms with van der Waals surface area (Å²) in [6, 6.07) is 11.6. The molecule has 1 amide bonds. The van der Waals surface area contributed by atoms with Crippen molar-refractivity contribution in [3.63, 3.8) is 0 Å². The van der Waals surface area contributed by atoms with Crippen LogP contribution in [0.25, 0.3) is 5.65 Å². The summed E-state index contributed by atoms with van der Waals surface area (Å²) in [7, 11) is 3.89. The third kappa shape index (κ3) is 6.58. The predicted octanol–water partition coefficient (Wildman–Crippen LogP) is 3.86. The number of pyridine rings is 1. The second kappa shape index (κ2) is 12.8. The van der Waals surface area contributed by atoms with E-state index in [9.17, 15) is 4.79 Å². The fourth-order valence-electron chi connectivity index (χ4n) is 5.38. The average Bonchev–Trinajstić information content (AvgIpc) is 3.57. The maximum Gasteiger partial charge on any atom is 0.351 e. The maximum atomic E-state index is 13.0. The van der Waals surface area contributed by atoms with E-state index in [0.29, 0.717) is 30.2 Å². The van der Waals surface area contributed by atoms with Crippen LogP contribution in [0.5, 0.6) is 11.5 Å². The average molecular weight is 569 g/mol. The lowest BCUT2D eigenvalue weighted by Crippen LogP contribution is -2.35. The molecule has 0 aliphatic carbocycles. The molecule has 4 heterocycles. The molecule has 4 aromatic rings. The number of carbonyl (C=O) groups excluding carboxylic acids is 1. The number of aliphatic imine (C=N–C) groups is 2. The van der Waals surface area contributed by atoms with Gasteiger partial charge in [0.2, 0.25) is 12.2 Å². The van der Waals surface area contributed by atoms with Crippen molar-refractivity contribution in [2.75, 3.05) is 33.7 Å². The van der Waals surface area contributed by atoms with Crippen molar-refractivity contribution < 1.29 is 14.0 Å². The predicted molar refractivity (Wildman–Crippen MR) is 164 cm³/mol. The second-order valence-electron chi connectivity index (χ2n) is 10.8. The summed E-state index contributed by atoms with van der Waals surface area (Å²) in [6.45, 7) is 7.96. The number of aromatic amines is 2. The number of amidine groups is 1. The molecule has 218 valence electrons. The molecule has 0 spiro atoms. The minimum Gasteiger partial charge on any atom is -0.457 e. The molecule has 1 aromatic carbocycles. The van der Waals surface area contributed by atoms with E-state index in [0.717, 1.165) is 59.7 Å². The van der Waals surface area contributed by atoms with Crippen LogP contribution >= 0.6 is 0 Å². The number of hydrogen-bond acceptors (Lipinski definition) is 5. The zero-order chi connectivity index (χ0) is 29.6. The van der Waals surface area contributed by atoms with Crippen LogP contribution in [-0.4, -0.2) is 76.7 Å². The molecule has 0 radical (unpaired) electrons. The number of amides is 1. The Morgan fingerprint density at radius 2 is 2.12 bits per heavy atom. The number of nitrogens with zero attached hydrogens (tertiary/aromatic N) is 6. The lowest BCUT2D eigenvalue weighted by Gasteiger charge is -2.23. The number of nitrogens with one attached hydrogen (secondary N) is 2. The molecule has 1 fully saturated rings. The zero-order valence-corrected chi connectivity index (χ0v) is 24.4. The standard InChI is InChI=1S/C31H37N9O2/c1-21-16-24(7-8-27(21)42-25-11-15-40-28(17-25)35-20-36-40)37-30(34-19-32)29-26(9-12-33-29)23-6-5-13-39(14-10-23)31(41)22(2)18-38(3)4/h7-9,11-12,15-17,19-20,23H,2,5-6,10,13-14,18H2,1,3-4H3,(H3,32,33,34,37)/p+1/t23-/m0/s1. The highest BCUT2D eigenvalue weighted by atomic mass is 16.5. The number of carbonyl (C=O) groups is 1. The van der Waals surface area contributed by atoms with Crippen molar-refractivity contribution >= 4 is 29.4 Å². The van der Waals surface area contributed by atoms with Crippen LogP contribution < -0.4 is 15.0 Å². The Hall–Kier alpha value is -4.77. The number of ether oxygens (including phenoxy) is 1. The highest BCUT2D eigenvalue weighted by molar-refractivity contribution is 6.04. The lowest BCUT2D eigenvalue weighted by molar-refractivity contribution is -0.577. The van der Waals surface area contributed by atoms with E-state index in [1.165, 1.54) is 6.34 Å². The summed E-state index contributed by atoms with van der Waals surface area (Å²) < 4.78 is 7.93. The molecule has 4 N–H and O–H groups in total. The number of aryl methyl sites for hydroxylation is 1. The lowest BCUT2D eigenvalue weighted by atomic mass is 9.92. The van der Waals surface area contributed by atoms with Crippen LogP contribution in [-0.2, 0) is 4.79 Å². The van der Waals surface area contributed by atoms with E-state index in [1.807, 2.05) is 73.5 Å². The minimum atomic E-state index is 0.0389. The van der Waals surface area contributed by atoms with Gasteiger partial charge in [0.1, 0.15) is 17.7 Å². The SMILES string of the molecule is C=C(CN(C)C)C(=O)N1CCC[C@H](c2cc[nH]c2C(N=CN)=Nc2ccc(Oc3cc[n+]4[nH]cnc4c3)c(C)c2)CC1. The summed E-state index contributed by atoms with van der Waals surface area (Å²) >= 11 is 0. The van der Waals surface area contributed by atoms with Gasteiger partial charge in [-0.05, 0) is 86.6 Å². The largest absolute Gasteiger partial charge is 0.457 e. The molecule has 1 saturated heterocycles. The number of fused-ring (bicyclic) bond motifs is 1. The summed E-state index contributed by atoms with van der Waals surface area (Å²) in [5.41, 5.74) is 10.8. The van der Waals surface area contributed by atoms with Crippen LogP contribution in [0.3, 0.4) is 0 Å². The Kier molecular flexibility index (Phi) is 8.77. The molecule has 11 heteroatoms. The van der Waals surface area contributed by atoms with Gasteiger partial charge in [0, 0.05) is 37.5 Å². The van der Waals surface area contributed by atoms with E-state index >= 15 is 0 Å². The summed E-state index contributed by atoms with van der Waals surface area (Å²) in [6.07, 6.45) is 9.39. The molecule has 1 aliphatic heterocycles. The topological polar surface area (TPSA) is 132 Å². The molecule has 1 atom stereocenters. The van der Waals surface area contributed by atoms with Gasteiger partial charge in [-0.3, -0.25) is 4.79 Å². The number of likely N-dealkylation sites (N-methyl/N-ethyl adjacent to an activating group) is 1. The van der Waals surface area contributed by atoms with Crippen LogP contribution in [0, 0.1) is 6.92 Å². The summed E-state index contributed by atoms with van der Waals surface area (Å²) in [4.78, 5) is 33.8. The first kappa shape index (κ1) is 28.7. The van der Waals surface area contributed by atoms with Gasteiger partial charge in [0.15, 0.2) is 5.84 Å². The van der Waals surface area contributed by atoms with E-state index in [-0.39, 0.29) is 11.8 Å². The Morgan fingerprint density at radius 1 is 1.26 bits per heavy atom. The molecule has 3 aromatic heterocycles. The van der Waals surface area contributed by atoms with Crippen LogP contribution in [0.15, 0.2) is 77.3 Å². The van der Waals surface area contributed by atoms with Crippen LogP contribution in [0.4, 0.5) is 5.69 Å². The molecule has 5 rings (SSSR count). The molecule has 0 bridgehead atoms. The molecule has 11 nitrogen and oxygen atoms in total. The van der Waals surface area contributed by atoms with E-state index in [1.54, 1.807) is 10.8 Å². The maximum absolute atomic E-state index is 13.0. The summed E-state index contributed by atoms with van der Waals surface area (Å²) in [5.74, 6) is 2.22. The normalized spacial score (nSPS) is 16.3. The first-order chi connectivity index (χ1) is 20.3. The van der Waals surface area contributed by atoms with Gasteiger partial charge in [-0.25, -0.2) is 9.98 Å². The van der Waals surface area contributed by atoms with Gasteiger partial charge < -0.3 is 25.3 Å². The smallest absolute Gasteiger partial charge is 0.351 e. The van der Waals surface area contributed by atoms with Gasteiger partial charge in [0.05, 0.1) is 23.8 Å². The minimum absolute atomic E-state index is 0.0389. The number of nitrogens with two attached hydrogens (primary N) is 1. The highest BCUT2D eigenvalue weighted by Crippen LogP contribution is 2.33. The molecule has 0 unspecified atom stereocenters. The van der Waals surface area contributed by atoms with Gasteiger partial charge in [0.25, 0.3) is 0 Å². The first-order valence-corrected chi connectivity index (χ1v) is 14.1. The molecular weight excluding hydrogens is 530 g/mol. The Balaban J connectivity index is 1.33. The van der Waals surface area contributed by atoms with Crippen molar-refractivity contribution in [1.82, 2.24) is 24.9 Å². The first-order valence-electron chi connectivity index (χ1n) is 14.1. The van der Waals surface area contributed by atoms with Crippen molar-refractivity contribution in [1.29, 1.82) is 0 Å². The van der Waals surface area contributed by atoms with Gasteiger partial charge >= 0.3 is 5.65 Å². The third-order valence-electron chi connectivity index (χ3n) is 7.39. The quantitative estimate of drug-likeness (QED) is 0.129. The van der Waals surface area contributed by atoms with E-state index in [4.69, 9.17) is 15.5 Å². The third-order valence-corrected chi connectivity index (χ3v) is 7.39. The highest BCUT2D eigenvalue weighted by Gasteiger charge is 2.26. The number of rotatable bonds is 8. The fraction of sp³-hybridized carbons (Fsp3) is 0.323. The van der Waals surface area contributed by atoms with Crippen LogP contribution in [0.2, 0.25) is 0 Å². The second-order valence-corrected chi connectivity index (χ2v) is 10.8. The van der Waals surface area contributed by atoms with Crippen molar-refractivity contribution in [3.8, 4) is 11.5 Å². The molecule has 0 saturated carbocycles. The van der Waals surface area contributed by atoms with Gasteiger partial charge in [-0.15, -0.1) is 4.52 Å². The van der Waals surface area contributed by atoms with Gasteiger partial charge in [-0.1, -0.05) is 6.58 Å². The number of H-pyrrole nitrogens is 2. The Morgan fingerprint density at radius 3 is 2.90 bits per heavy atom. The molecule has 42 heavy (non-hydrogen) atoms. The number of benzene rings is 1. The Bertz CT molecular complexity index is 1630. The van der Waals surface area contributed by atoms with Crippen molar-refractivity contribution in [2.24, 2.45) is 15.7 Å². The zero-order valence-electron chi connectivity index (χ0n) is 24.4. The fourth-order valence-corrected chi connectivity index (χ4v) is 5.38. The number of aromatic nitrogens is 4. The van der Waals surface area contributed by atoms with Crippen molar-refractivity contribution in [3.05, 3.63) is 84.1 Å². The molecular formula is C31H38N9O2+. The molecule has 1 aliphatic rings. The number of likely N-dealkylation sites (tertiary alicyclic amines) is 1. The number of hydrogen-bond donors (Lipinski definition) is 3. The van der Waals surface area contributed by atoms with Crippen LogP contribution in [0.1, 0.15) is 42.0 Å². The van der Waals surface area contributed by atoms with E-state index in [2.05, 4.69) is 32.7 Å².